The molecule has 4 nitrogen and oxygen atoms in total. The van der Waals surface area contributed by atoms with Gasteiger partial charge in [0.05, 0.1) is 11.1 Å². The predicted molar refractivity (Wildman–Crippen MR) is 74.4 cm³/mol. The Bertz CT molecular complexity index is 693. The van der Waals surface area contributed by atoms with Crippen LogP contribution in [0.15, 0.2) is 35.1 Å². The molecule has 1 aromatic heterocycles. The smallest absolute Gasteiger partial charge is 0.339 e. The van der Waals surface area contributed by atoms with Crippen LogP contribution in [0.3, 0.4) is 0 Å². The fourth-order valence-corrected chi connectivity index (χ4v) is 1.91. The van der Waals surface area contributed by atoms with Gasteiger partial charge in [-0.25, -0.2) is 4.79 Å². The number of carbonyl (C=O) groups is 1. The van der Waals surface area contributed by atoms with Crippen LogP contribution in [0.2, 0.25) is 0 Å². The van der Waals surface area contributed by atoms with E-state index in [0.717, 1.165) is 10.9 Å². The largest absolute Gasteiger partial charge is 0.456 e. The van der Waals surface area contributed by atoms with Gasteiger partial charge in [0, 0.05) is 18.5 Å². The molecular weight excluding hydrogens is 242 g/mol. The van der Waals surface area contributed by atoms with Crippen molar-refractivity contribution in [2.45, 2.75) is 26.4 Å². The molecule has 0 aliphatic rings. The Kier molecular flexibility index (Phi) is 3.18. The molecule has 1 aromatic carbocycles. The van der Waals surface area contributed by atoms with Crippen molar-refractivity contribution < 1.29 is 9.53 Å². The molecule has 0 atom stereocenters. The van der Waals surface area contributed by atoms with Crippen LogP contribution in [-0.2, 0) is 11.8 Å². The highest BCUT2D eigenvalue weighted by molar-refractivity contribution is 6.03. The van der Waals surface area contributed by atoms with Gasteiger partial charge in [-0.15, -0.1) is 0 Å². The number of nitrogens with zero attached hydrogens (tertiary/aromatic N) is 1. The zero-order valence-electron chi connectivity index (χ0n) is 11.6. The van der Waals surface area contributed by atoms with Crippen molar-refractivity contribution in [1.29, 1.82) is 0 Å². The Hall–Kier alpha value is -2.10. The van der Waals surface area contributed by atoms with E-state index in [1.54, 1.807) is 27.8 Å². The number of benzene rings is 1. The van der Waals surface area contributed by atoms with Crippen molar-refractivity contribution in [2.75, 3.05) is 0 Å². The molecule has 1 heterocycles. The average Bonchev–Trinajstić information content (AvgIpc) is 2.31. The van der Waals surface area contributed by atoms with Crippen LogP contribution in [0.1, 0.15) is 31.1 Å². The highest BCUT2D eigenvalue weighted by Crippen LogP contribution is 2.19. The number of esters is 1. The number of rotatable bonds is 1. The summed E-state index contributed by atoms with van der Waals surface area (Å²) in [5, 5.41) is 0.721. The predicted octanol–water partition coefficient (Wildman–Crippen LogP) is 2.49. The third-order valence-corrected chi connectivity index (χ3v) is 2.77. The Labute approximate surface area is 111 Å². The van der Waals surface area contributed by atoms with Crippen LogP contribution in [0.25, 0.3) is 10.9 Å². The molecule has 19 heavy (non-hydrogen) atoms. The highest BCUT2D eigenvalue weighted by Gasteiger charge is 2.20. The summed E-state index contributed by atoms with van der Waals surface area (Å²) < 4.78 is 6.86. The number of aryl methyl sites for hydroxylation is 1. The first-order valence-electron chi connectivity index (χ1n) is 6.12. The second-order valence-corrected chi connectivity index (χ2v) is 5.47. The summed E-state index contributed by atoms with van der Waals surface area (Å²) in [5.74, 6) is -0.471. The molecule has 4 heteroatoms. The van der Waals surface area contributed by atoms with Gasteiger partial charge in [-0.2, -0.15) is 0 Å². The Morgan fingerprint density at radius 3 is 2.47 bits per heavy atom. The zero-order valence-corrected chi connectivity index (χ0v) is 11.6. The van der Waals surface area contributed by atoms with Crippen molar-refractivity contribution in [2.24, 2.45) is 7.05 Å². The molecule has 2 rings (SSSR count). The monoisotopic (exact) mass is 259 g/mol. The Morgan fingerprint density at radius 2 is 1.84 bits per heavy atom. The topological polar surface area (TPSA) is 48.3 Å². The van der Waals surface area contributed by atoms with E-state index >= 15 is 0 Å². The van der Waals surface area contributed by atoms with Crippen molar-refractivity contribution in [3.8, 4) is 0 Å². The minimum Gasteiger partial charge on any atom is -0.456 e. The van der Waals surface area contributed by atoms with E-state index in [1.807, 2.05) is 24.3 Å². The molecular formula is C15H17NO3. The maximum atomic E-state index is 12.2. The van der Waals surface area contributed by atoms with Crippen LogP contribution in [0.5, 0.6) is 0 Å². The zero-order chi connectivity index (χ0) is 14.2. The van der Waals surface area contributed by atoms with E-state index in [1.165, 1.54) is 10.6 Å². The van der Waals surface area contributed by atoms with Crippen LogP contribution >= 0.6 is 0 Å². The molecule has 0 spiro atoms. The molecule has 2 aromatic rings. The van der Waals surface area contributed by atoms with E-state index in [9.17, 15) is 9.59 Å². The normalized spacial score (nSPS) is 11.6. The summed E-state index contributed by atoms with van der Waals surface area (Å²) in [5.41, 5.74) is 0.225. The molecule has 0 N–H and O–H groups in total. The van der Waals surface area contributed by atoms with Gasteiger partial charge in [0.1, 0.15) is 5.60 Å². The van der Waals surface area contributed by atoms with E-state index < -0.39 is 11.6 Å². The van der Waals surface area contributed by atoms with Gasteiger partial charge in [0.15, 0.2) is 0 Å². The molecule has 100 valence electrons. The van der Waals surface area contributed by atoms with E-state index in [4.69, 9.17) is 4.74 Å². The summed E-state index contributed by atoms with van der Waals surface area (Å²) >= 11 is 0. The van der Waals surface area contributed by atoms with Crippen molar-refractivity contribution in [3.05, 3.63) is 46.2 Å². The highest BCUT2D eigenvalue weighted by atomic mass is 16.6. The second-order valence-electron chi connectivity index (χ2n) is 5.47. The lowest BCUT2D eigenvalue weighted by atomic mass is 10.1. The van der Waals surface area contributed by atoms with Crippen LogP contribution < -0.4 is 5.56 Å². The summed E-state index contributed by atoms with van der Waals surface area (Å²) in [4.78, 5) is 24.0. The van der Waals surface area contributed by atoms with Gasteiger partial charge in [-0.05, 0) is 26.8 Å². The summed E-state index contributed by atoms with van der Waals surface area (Å²) in [6, 6.07) is 8.62. The third-order valence-electron chi connectivity index (χ3n) is 2.77. The van der Waals surface area contributed by atoms with Gasteiger partial charge < -0.3 is 9.30 Å². The van der Waals surface area contributed by atoms with Gasteiger partial charge in [-0.3, -0.25) is 4.79 Å². The second kappa shape index (κ2) is 4.53. The number of hydrogen-bond donors (Lipinski definition) is 0. The molecule has 0 aliphatic carbocycles. The Morgan fingerprint density at radius 1 is 1.21 bits per heavy atom. The number of fused-ring (bicyclic) bond motifs is 1. The van der Waals surface area contributed by atoms with E-state index in [2.05, 4.69) is 0 Å². The summed E-state index contributed by atoms with van der Waals surface area (Å²) in [7, 11) is 1.68. The van der Waals surface area contributed by atoms with E-state index in [0.29, 0.717) is 5.56 Å². The summed E-state index contributed by atoms with van der Waals surface area (Å²) in [6.45, 7) is 5.40. The van der Waals surface area contributed by atoms with Gasteiger partial charge in [-0.1, -0.05) is 18.2 Å². The lowest BCUT2D eigenvalue weighted by Crippen LogP contribution is -2.26. The minimum absolute atomic E-state index is 0.223. The van der Waals surface area contributed by atoms with Gasteiger partial charge >= 0.3 is 5.97 Å². The first-order chi connectivity index (χ1) is 8.79. The number of pyridine rings is 1. The van der Waals surface area contributed by atoms with Crippen molar-refractivity contribution in [3.63, 3.8) is 0 Å². The quantitative estimate of drug-likeness (QED) is 0.739. The van der Waals surface area contributed by atoms with Crippen LogP contribution in [0.4, 0.5) is 0 Å². The number of para-hydroxylation sites is 1. The third kappa shape index (κ3) is 2.67. The fourth-order valence-electron chi connectivity index (χ4n) is 1.91. The minimum atomic E-state index is -0.584. The van der Waals surface area contributed by atoms with Gasteiger partial charge in [0.2, 0.25) is 0 Å². The number of aromatic nitrogens is 1. The standard InChI is InChI=1S/C15H17NO3/c1-15(2,3)19-14(18)11-9-13(17)16(4)12-8-6-5-7-10(11)12/h5-9H,1-4H3. The molecule has 0 saturated heterocycles. The molecule has 0 bridgehead atoms. The molecule has 0 radical (unpaired) electrons. The molecule has 0 aliphatic heterocycles. The maximum absolute atomic E-state index is 12.2. The maximum Gasteiger partial charge on any atom is 0.339 e. The van der Waals surface area contributed by atoms with Crippen LogP contribution in [-0.4, -0.2) is 16.1 Å². The van der Waals surface area contributed by atoms with Crippen molar-refractivity contribution >= 4 is 16.9 Å². The summed E-state index contributed by atoms with van der Waals surface area (Å²) in [6.07, 6.45) is 0. The first kappa shape index (κ1) is 13.3. The van der Waals surface area contributed by atoms with Crippen LogP contribution in [0, 0.1) is 0 Å². The fraction of sp³-hybridized carbons (Fsp3) is 0.333. The molecule has 0 unspecified atom stereocenters. The molecule has 0 amide bonds. The molecule has 0 saturated carbocycles. The van der Waals surface area contributed by atoms with E-state index in [-0.39, 0.29) is 5.56 Å². The molecule has 0 fully saturated rings. The van der Waals surface area contributed by atoms with Crippen molar-refractivity contribution in [1.82, 2.24) is 4.57 Å². The number of carbonyl (C=O) groups excluding carboxylic acids is 1. The lowest BCUT2D eigenvalue weighted by molar-refractivity contribution is 0.00716. The first-order valence-corrected chi connectivity index (χ1v) is 6.12. The lowest BCUT2D eigenvalue weighted by Gasteiger charge is -2.20. The SMILES string of the molecule is Cn1c(=O)cc(C(=O)OC(C)(C)C)c2ccccc21. The van der Waals surface area contributed by atoms with Gasteiger partial charge in [0.25, 0.3) is 5.56 Å². The average molecular weight is 259 g/mol. The Balaban J connectivity index is 2.65. The number of hydrogen-bond acceptors (Lipinski definition) is 3. The number of ether oxygens (including phenoxy) is 1.